The quantitative estimate of drug-likeness (QED) is 0.867. The highest BCUT2D eigenvalue weighted by atomic mass is 32.2. The van der Waals surface area contributed by atoms with Crippen molar-refractivity contribution in [2.24, 2.45) is 11.8 Å². The summed E-state index contributed by atoms with van der Waals surface area (Å²) in [6.45, 7) is 1.06. The summed E-state index contributed by atoms with van der Waals surface area (Å²) in [5, 5.41) is 6.43. The van der Waals surface area contributed by atoms with Crippen LogP contribution in [0.25, 0.3) is 0 Å². The minimum Gasteiger partial charge on any atom is -0.385 e. The van der Waals surface area contributed by atoms with Crippen LogP contribution >= 0.6 is 11.8 Å². The molecule has 0 aromatic heterocycles. The number of thioether (sulfide) groups is 1. The monoisotopic (exact) mass is 276 g/mol. The molecule has 0 bridgehead atoms. The number of anilines is 2. The minimum atomic E-state index is 0.170. The van der Waals surface area contributed by atoms with Crippen molar-refractivity contribution in [2.75, 3.05) is 28.7 Å². The van der Waals surface area contributed by atoms with E-state index in [4.69, 9.17) is 0 Å². The van der Waals surface area contributed by atoms with Crippen LogP contribution in [0.3, 0.4) is 0 Å². The number of nitrogens with one attached hydrogen (secondary N) is 2. The second-order valence-electron chi connectivity index (χ2n) is 5.45. The Hall–Kier alpha value is -1.16. The Morgan fingerprint density at radius 3 is 2.53 bits per heavy atom. The van der Waals surface area contributed by atoms with Gasteiger partial charge < -0.3 is 10.6 Å². The van der Waals surface area contributed by atoms with Crippen LogP contribution in [-0.4, -0.2) is 24.0 Å². The van der Waals surface area contributed by atoms with Crippen molar-refractivity contribution in [1.29, 1.82) is 0 Å². The van der Waals surface area contributed by atoms with E-state index < -0.39 is 0 Å². The van der Waals surface area contributed by atoms with Crippen molar-refractivity contribution in [3.05, 3.63) is 24.3 Å². The first-order valence-corrected chi connectivity index (χ1v) is 8.19. The molecule has 2 aliphatic rings. The van der Waals surface area contributed by atoms with E-state index in [0.717, 1.165) is 36.7 Å². The number of amides is 1. The van der Waals surface area contributed by atoms with Crippen molar-refractivity contribution < 1.29 is 4.79 Å². The summed E-state index contributed by atoms with van der Waals surface area (Å²) in [5.41, 5.74) is 2.04. The van der Waals surface area contributed by atoms with Gasteiger partial charge in [0.15, 0.2) is 0 Å². The number of carbonyl (C=O) groups excluding carboxylic acids is 1. The SMILES string of the molecule is O=C(Nc1ccc(NCC2CCSC2)cc1)C1CC1. The minimum absolute atomic E-state index is 0.170. The lowest BCUT2D eigenvalue weighted by Gasteiger charge is -2.12. The summed E-state index contributed by atoms with van der Waals surface area (Å²) >= 11 is 2.05. The van der Waals surface area contributed by atoms with E-state index in [2.05, 4.69) is 10.6 Å². The zero-order valence-electron chi connectivity index (χ0n) is 11.0. The number of rotatable bonds is 5. The number of hydrogen-bond donors (Lipinski definition) is 2. The van der Waals surface area contributed by atoms with E-state index in [1.807, 2.05) is 36.0 Å². The molecule has 1 saturated heterocycles. The van der Waals surface area contributed by atoms with Crippen LogP contribution in [0.5, 0.6) is 0 Å². The van der Waals surface area contributed by atoms with E-state index >= 15 is 0 Å². The predicted octanol–water partition coefficient (Wildman–Crippen LogP) is 3.20. The number of benzene rings is 1. The van der Waals surface area contributed by atoms with E-state index in [9.17, 15) is 4.79 Å². The van der Waals surface area contributed by atoms with Crippen molar-refractivity contribution in [2.45, 2.75) is 19.3 Å². The van der Waals surface area contributed by atoms with E-state index in [1.54, 1.807) is 0 Å². The molecule has 1 heterocycles. The molecule has 0 radical (unpaired) electrons. The third-order valence-electron chi connectivity index (χ3n) is 3.72. The standard InChI is InChI=1S/C15H20N2OS/c18-15(12-1-2-12)17-14-5-3-13(4-6-14)16-9-11-7-8-19-10-11/h3-6,11-12,16H,1-2,7-10H2,(H,17,18). The molecular weight excluding hydrogens is 256 g/mol. The second-order valence-corrected chi connectivity index (χ2v) is 6.60. The second kappa shape index (κ2) is 5.87. The topological polar surface area (TPSA) is 41.1 Å². The Morgan fingerprint density at radius 1 is 1.16 bits per heavy atom. The third-order valence-corrected chi connectivity index (χ3v) is 4.95. The van der Waals surface area contributed by atoms with Gasteiger partial charge in [-0.15, -0.1) is 0 Å². The Balaban J connectivity index is 1.48. The fraction of sp³-hybridized carbons (Fsp3) is 0.533. The summed E-state index contributed by atoms with van der Waals surface area (Å²) in [5.74, 6) is 3.82. The Kier molecular flexibility index (Phi) is 3.97. The van der Waals surface area contributed by atoms with Crippen molar-refractivity contribution in [1.82, 2.24) is 0 Å². The molecule has 0 spiro atoms. The summed E-state index contributed by atoms with van der Waals surface area (Å²) < 4.78 is 0. The highest BCUT2D eigenvalue weighted by Gasteiger charge is 2.29. The molecular formula is C15H20N2OS. The Labute approximate surface area is 118 Å². The lowest BCUT2D eigenvalue weighted by atomic mass is 10.1. The first-order chi connectivity index (χ1) is 9.31. The number of hydrogen-bond acceptors (Lipinski definition) is 3. The molecule has 1 aliphatic heterocycles. The van der Waals surface area contributed by atoms with Gasteiger partial charge >= 0.3 is 0 Å². The van der Waals surface area contributed by atoms with Gasteiger partial charge in [0, 0.05) is 23.8 Å². The summed E-state index contributed by atoms with van der Waals surface area (Å²) in [6.07, 6.45) is 3.42. The van der Waals surface area contributed by atoms with Crippen LogP contribution in [0.15, 0.2) is 24.3 Å². The summed E-state index contributed by atoms with van der Waals surface area (Å²) in [6, 6.07) is 8.05. The first kappa shape index (κ1) is 12.9. The lowest BCUT2D eigenvalue weighted by Crippen LogP contribution is -2.14. The van der Waals surface area contributed by atoms with Crippen LogP contribution in [-0.2, 0) is 4.79 Å². The average Bonchev–Trinajstić information content (AvgIpc) is 3.16. The van der Waals surface area contributed by atoms with E-state index in [1.165, 1.54) is 17.9 Å². The molecule has 1 unspecified atom stereocenters. The van der Waals surface area contributed by atoms with Crippen LogP contribution in [0.4, 0.5) is 11.4 Å². The fourth-order valence-electron chi connectivity index (χ4n) is 2.27. The highest BCUT2D eigenvalue weighted by Crippen LogP contribution is 2.30. The fourth-order valence-corrected chi connectivity index (χ4v) is 3.55. The maximum Gasteiger partial charge on any atom is 0.227 e. The Morgan fingerprint density at radius 2 is 1.89 bits per heavy atom. The molecule has 2 N–H and O–H groups in total. The van der Waals surface area contributed by atoms with Crippen LogP contribution < -0.4 is 10.6 Å². The van der Waals surface area contributed by atoms with Gasteiger partial charge in [-0.2, -0.15) is 11.8 Å². The largest absolute Gasteiger partial charge is 0.385 e. The lowest BCUT2D eigenvalue weighted by molar-refractivity contribution is -0.117. The average molecular weight is 276 g/mol. The van der Waals surface area contributed by atoms with Gasteiger partial charge in [0.05, 0.1) is 0 Å². The van der Waals surface area contributed by atoms with Gasteiger partial charge in [0.1, 0.15) is 0 Å². The van der Waals surface area contributed by atoms with E-state index in [0.29, 0.717) is 0 Å². The van der Waals surface area contributed by atoms with Gasteiger partial charge in [-0.1, -0.05) is 0 Å². The normalized spacial score (nSPS) is 22.2. The molecule has 102 valence electrons. The molecule has 2 fully saturated rings. The molecule has 1 atom stereocenters. The molecule has 3 nitrogen and oxygen atoms in total. The van der Waals surface area contributed by atoms with Gasteiger partial charge in [0.2, 0.25) is 5.91 Å². The van der Waals surface area contributed by atoms with Crippen molar-refractivity contribution in [3.8, 4) is 0 Å². The maximum absolute atomic E-state index is 11.6. The molecule has 1 saturated carbocycles. The molecule has 3 rings (SSSR count). The van der Waals surface area contributed by atoms with Gasteiger partial charge in [0.25, 0.3) is 0 Å². The zero-order chi connectivity index (χ0) is 13.1. The van der Waals surface area contributed by atoms with Gasteiger partial charge in [-0.25, -0.2) is 0 Å². The van der Waals surface area contributed by atoms with Gasteiger partial charge in [-0.05, 0) is 61.0 Å². The third kappa shape index (κ3) is 3.66. The zero-order valence-corrected chi connectivity index (χ0v) is 11.8. The highest BCUT2D eigenvalue weighted by molar-refractivity contribution is 7.99. The van der Waals surface area contributed by atoms with Crippen molar-refractivity contribution in [3.63, 3.8) is 0 Å². The number of carbonyl (C=O) groups is 1. The molecule has 1 aromatic carbocycles. The molecule has 4 heteroatoms. The molecule has 1 amide bonds. The van der Waals surface area contributed by atoms with Crippen LogP contribution in [0, 0.1) is 11.8 Å². The van der Waals surface area contributed by atoms with E-state index in [-0.39, 0.29) is 11.8 Å². The van der Waals surface area contributed by atoms with Gasteiger partial charge in [-0.3, -0.25) is 4.79 Å². The Bertz CT molecular complexity index is 436. The van der Waals surface area contributed by atoms with Crippen LogP contribution in [0.1, 0.15) is 19.3 Å². The smallest absolute Gasteiger partial charge is 0.227 e. The molecule has 19 heavy (non-hydrogen) atoms. The molecule has 1 aromatic rings. The molecule has 1 aliphatic carbocycles. The maximum atomic E-state index is 11.6. The van der Waals surface area contributed by atoms with Crippen molar-refractivity contribution >= 4 is 29.0 Å². The first-order valence-electron chi connectivity index (χ1n) is 7.04. The summed E-state index contributed by atoms with van der Waals surface area (Å²) in [4.78, 5) is 11.6. The summed E-state index contributed by atoms with van der Waals surface area (Å²) in [7, 11) is 0. The van der Waals surface area contributed by atoms with Crippen LogP contribution in [0.2, 0.25) is 0 Å². The predicted molar refractivity (Wildman–Crippen MR) is 81.7 cm³/mol.